The van der Waals surface area contributed by atoms with Crippen LogP contribution in [0.2, 0.25) is 0 Å². The molecule has 3 heterocycles. The highest BCUT2D eigenvalue weighted by atomic mass is 32.2. The Morgan fingerprint density at radius 3 is 3.11 bits per heavy atom. The van der Waals surface area contributed by atoms with Gasteiger partial charge in [0, 0.05) is 12.3 Å². The van der Waals surface area contributed by atoms with Crippen LogP contribution in [0.3, 0.4) is 0 Å². The number of fused-ring (bicyclic) bond motifs is 1. The van der Waals surface area contributed by atoms with Crippen molar-refractivity contribution in [3.63, 3.8) is 0 Å². The van der Waals surface area contributed by atoms with E-state index in [2.05, 4.69) is 30.5 Å². The summed E-state index contributed by atoms with van der Waals surface area (Å²) in [5.41, 5.74) is 4.35. The summed E-state index contributed by atoms with van der Waals surface area (Å²) in [5.74, 6) is 0.206. The smallest absolute Gasteiger partial charge is 0.234 e. The maximum Gasteiger partial charge on any atom is 0.234 e. The minimum absolute atomic E-state index is 0.0810. The summed E-state index contributed by atoms with van der Waals surface area (Å²) >= 11 is 2.59. The predicted molar refractivity (Wildman–Crippen MR) is 107 cm³/mol. The summed E-state index contributed by atoms with van der Waals surface area (Å²) in [7, 11) is 0. The third-order valence-corrected chi connectivity index (χ3v) is 6.24. The molecule has 1 N–H and O–H groups in total. The average molecular weight is 404 g/mol. The molecule has 1 aliphatic heterocycles. The van der Waals surface area contributed by atoms with Gasteiger partial charge in [0.05, 0.1) is 41.5 Å². The van der Waals surface area contributed by atoms with Crippen LogP contribution in [-0.2, 0) is 16.1 Å². The van der Waals surface area contributed by atoms with Crippen molar-refractivity contribution in [2.75, 3.05) is 17.7 Å². The van der Waals surface area contributed by atoms with E-state index in [1.54, 1.807) is 0 Å². The van der Waals surface area contributed by atoms with Crippen molar-refractivity contribution in [1.82, 2.24) is 18.3 Å². The van der Waals surface area contributed by atoms with Crippen LogP contribution in [0.25, 0.3) is 11.0 Å². The molecule has 0 aliphatic carbocycles. The zero-order valence-corrected chi connectivity index (χ0v) is 16.9. The van der Waals surface area contributed by atoms with Crippen molar-refractivity contribution in [3.05, 3.63) is 29.6 Å². The van der Waals surface area contributed by atoms with Crippen LogP contribution in [0.15, 0.2) is 23.4 Å². The number of thioether (sulfide) groups is 1. The summed E-state index contributed by atoms with van der Waals surface area (Å²) in [6.45, 7) is 5.69. The van der Waals surface area contributed by atoms with Gasteiger partial charge in [0.2, 0.25) is 5.91 Å². The molecule has 1 amide bonds. The van der Waals surface area contributed by atoms with E-state index in [4.69, 9.17) is 4.74 Å². The van der Waals surface area contributed by atoms with Gasteiger partial charge in [-0.2, -0.15) is 8.75 Å². The normalized spacial score (nSPS) is 16.9. The van der Waals surface area contributed by atoms with Gasteiger partial charge < -0.3 is 14.6 Å². The van der Waals surface area contributed by atoms with Crippen molar-refractivity contribution in [2.24, 2.45) is 0 Å². The van der Waals surface area contributed by atoms with Crippen molar-refractivity contribution in [2.45, 2.75) is 44.5 Å². The first-order chi connectivity index (χ1) is 13.1. The molecule has 1 unspecified atom stereocenters. The van der Waals surface area contributed by atoms with Crippen LogP contribution >= 0.6 is 23.5 Å². The maximum absolute atomic E-state index is 12.5. The van der Waals surface area contributed by atoms with Gasteiger partial charge in [-0.3, -0.25) is 4.79 Å². The monoisotopic (exact) mass is 403 g/mol. The highest BCUT2D eigenvalue weighted by Crippen LogP contribution is 2.25. The second kappa shape index (κ2) is 7.95. The SMILES string of the molecule is Cc1nc(SCC(=O)Nc2cccc3nsnc23)n(CC2CCCO2)c1C. The van der Waals surface area contributed by atoms with E-state index < -0.39 is 0 Å². The molecular formula is C18H21N5O2S2. The fraction of sp³-hybridized carbons (Fsp3) is 0.444. The molecular weight excluding hydrogens is 382 g/mol. The quantitative estimate of drug-likeness (QED) is 0.635. The third kappa shape index (κ3) is 3.99. The first-order valence-electron chi connectivity index (χ1n) is 8.91. The van der Waals surface area contributed by atoms with Gasteiger partial charge in [-0.25, -0.2) is 4.98 Å². The average Bonchev–Trinajstić information content (AvgIpc) is 3.38. The largest absolute Gasteiger partial charge is 0.376 e. The molecule has 1 saturated heterocycles. The second-order valence-electron chi connectivity index (χ2n) is 6.59. The molecule has 7 nitrogen and oxygen atoms in total. The number of amides is 1. The van der Waals surface area contributed by atoms with Gasteiger partial charge in [0.1, 0.15) is 11.0 Å². The zero-order valence-electron chi connectivity index (χ0n) is 15.3. The number of aromatic nitrogens is 4. The Morgan fingerprint density at radius 2 is 2.30 bits per heavy atom. The number of nitrogens with one attached hydrogen (secondary N) is 1. The number of nitrogens with zero attached hydrogens (tertiary/aromatic N) is 4. The van der Waals surface area contributed by atoms with Gasteiger partial charge in [-0.15, -0.1) is 0 Å². The van der Waals surface area contributed by atoms with Crippen LogP contribution in [0, 0.1) is 13.8 Å². The van der Waals surface area contributed by atoms with Gasteiger partial charge in [0.15, 0.2) is 5.16 Å². The molecule has 0 bridgehead atoms. The molecule has 3 aromatic rings. The number of carbonyl (C=O) groups excluding carboxylic acids is 1. The molecule has 0 saturated carbocycles. The van der Waals surface area contributed by atoms with Crippen LogP contribution < -0.4 is 5.32 Å². The van der Waals surface area contributed by atoms with Crippen molar-refractivity contribution in [3.8, 4) is 0 Å². The molecule has 1 atom stereocenters. The Balaban J connectivity index is 1.43. The van der Waals surface area contributed by atoms with Gasteiger partial charge in [0.25, 0.3) is 0 Å². The molecule has 142 valence electrons. The lowest BCUT2D eigenvalue weighted by molar-refractivity contribution is -0.113. The van der Waals surface area contributed by atoms with E-state index in [-0.39, 0.29) is 17.8 Å². The minimum Gasteiger partial charge on any atom is -0.376 e. The summed E-state index contributed by atoms with van der Waals surface area (Å²) < 4.78 is 16.4. The van der Waals surface area contributed by atoms with Crippen molar-refractivity contribution < 1.29 is 9.53 Å². The number of carbonyl (C=O) groups is 1. The zero-order chi connectivity index (χ0) is 18.8. The number of rotatable bonds is 6. The molecule has 27 heavy (non-hydrogen) atoms. The molecule has 1 aromatic carbocycles. The number of hydrogen-bond donors (Lipinski definition) is 1. The lowest BCUT2D eigenvalue weighted by atomic mass is 10.2. The topological polar surface area (TPSA) is 81.9 Å². The molecule has 4 rings (SSSR count). The van der Waals surface area contributed by atoms with E-state index >= 15 is 0 Å². The second-order valence-corrected chi connectivity index (χ2v) is 8.06. The lowest BCUT2D eigenvalue weighted by Gasteiger charge is -2.14. The van der Waals surface area contributed by atoms with E-state index in [0.29, 0.717) is 5.69 Å². The number of hydrogen-bond acceptors (Lipinski definition) is 7. The van der Waals surface area contributed by atoms with Crippen LogP contribution in [0.1, 0.15) is 24.2 Å². The Hall–Kier alpha value is -1.97. The third-order valence-electron chi connectivity index (χ3n) is 4.73. The summed E-state index contributed by atoms with van der Waals surface area (Å²) in [5, 5.41) is 3.80. The van der Waals surface area contributed by atoms with Gasteiger partial charge in [-0.1, -0.05) is 17.8 Å². The number of ether oxygens (including phenoxy) is 1. The van der Waals surface area contributed by atoms with E-state index in [9.17, 15) is 4.79 Å². The first kappa shape index (κ1) is 18.4. The molecule has 1 aliphatic rings. The molecule has 9 heteroatoms. The number of benzene rings is 1. The summed E-state index contributed by atoms with van der Waals surface area (Å²) in [6, 6.07) is 5.60. The Bertz CT molecular complexity index is 962. The van der Waals surface area contributed by atoms with Crippen molar-refractivity contribution in [1.29, 1.82) is 0 Å². The van der Waals surface area contributed by atoms with E-state index in [1.807, 2.05) is 25.1 Å². The standard InChI is InChI=1S/C18H21N5O2S2/c1-11-12(2)23(9-13-5-4-8-25-13)18(19-11)26-10-16(24)20-14-6-3-7-15-17(14)22-27-21-15/h3,6-7,13H,4-5,8-10H2,1-2H3,(H,20,24). The fourth-order valence-electron chi connectivity index (χ4n) is 3.16. The van der Waals surface area contributed by atoms with Crippen LogP contribution in [0.5, 0.6) is 0 Å². The molecule has 0 spiro atoms. The summed E-state index contributed by atoms with van der Waals surface area (Å²) in [4.78, 5) is 17.1. The van der Waals surface area contributed by atoms with E-state index in [0.717, 1.165) is 65.3 Å². The predicted octanol–water partition coefficient (Wildman–Crippen LogP) is 3.41. The Labute approximate surface area is 165 Å². The molecule has 0 radical (unpaired) electrons. The Morgan fingerprint density at radius 1 is 1.41 bits per heavy atom. The first-order valence-corrected chi connectivity index (χ1v) is 10.6. The lowest BCUT2D eigenvalue weighted by Crippen LogP contribution is -2.18. The van der Waals surface area contributed by atoms with Gasteiger partial charge in [-0.05, 0) is 38.8 Å². The van der Waals surface area contributed by atoms with Crippen LogP contribution in [0.4, 0.5) is 5.69 Å². The summed E-state index contributed by atoms with van der Waals surface area (Å²) in [6.07, 6.45) is 2.42. The maximum atomic E-state index is 12.5. The Kier molecular flexibility index (Phi) is 5.42. The van der Waals surface area contributed by atoms with Crippen molar-refractivity contribution >= 4 is 46.1 Å². The number of aryl methyl sites for hydroxylation is 1. The minimum atomic E-state index is -0.0810. The van der Waals surface area contributed by atoms with Crippen LogP contribution in [-0.4, -0.2) is 42.7 Å². The highest BCUT2D eigenvalue weighted by molar-refractivity contribution is 7.99. The van der Waals surface area contributed by atoms with Gasteiger partial charge >= 0.3 is 0 Å². The number of imidazole rings is 1. The van der Waals surface area contributed by atoms with E-state index in [1.165, 1.54) is 11.8 Å². The fourth-order valence-corrected chi connectivity index (χ4v) is 4.61. The molecule has 2 aromatic heterocycles. The molecule has 1 fully saturated rings. The highest BCUT2D eigenvalue weighted by Gasteiger charge is 2.21. The number of anilines is 1.